The van der Waals surface area contributed by atoms with Crippen molar-refractivity contribution in [1.29, 1.82) is 0 Å². The Morgan fingerprint density at radius 3 is 1.15 bits per heavy atom. The summed E-state index contributed by atoms with van der Waals surface area (Å²) in [5.74, 6) is -9.31. The van der Waals surface area contributed by atoms with Crippen LogP contribution in [0.25, 0.3) is 0 Å². The Balaban J connectivity index is 1.10. The monoisotopic (exact) mass is 1420 g/mol. The second kappa shape index (κ2) is 34.8. The Morgan fingerprint density at radius 2 is 0.773 bits per heavy atom. The Bertz CT molecular complexity index is 2560. The quantitative estimate of drug-likeness (QED) is 0.0363. The lowest BCUT2D eigenvalue weighted by atomic mass is 9.88. The van der Waals surface area contributed by atoms with Crippen LogP contribution in [0.4, 0.5) is 0 Å². The highest BCUT2D eigenvalue weighted by Crippen LogP contribution is 2.41. The van der Waals surface area contributed by atoms with Crippen molar-refractivity contribution in [3.05, 3.63) is 0 Å². The fourth-order valence-electron chi connectivity index (χ4n) is 12.3. The standard InChI is InChI=1S/C53H88N4O40/c1-13(66)54-26-34(77)39(22(10-63)89-48(26)95-44-32(75)20(8-61)87-50(37(44)80)93-41-28(56-15(3)68)46(82)85-18(6-59)30(41)73)91-49-36(79)43(31(74)19(7-60)86-49)94-47-27(55-14(2)67)35(78)40(23(11-64)90-47)92-51-38(81)45(33(76)21(9-62)88-51)97-53(52(83)84)4-16(69)25(57-24(71)12-65)42(96-53)29(72)17(70)5-58/h16-23,25-51,58-65,69-70,72-82H,4-12H2,1-3H3,(H,54,66)(H,55,67)(H,56,68)(H,57,71)(H,83,84)/t16-,17+,18+,19+,20+,21+,22+,23+,25+,26+,27+,28+,29+,30-,31-,32-,33-,34+,35+,36+,37+,38+,39+,40+,41+,42+,43-,44-,45-,46-,47-,48-,49-,50-,51-,53-/m0/s1. The predicted octanol–water partition coefficient (Wildman–Crippen LogP) is -17.5. The van der Waals surface area contributed by atoms with Crippen LogP contribution in [-0.4, -0.2) is 415 Å². The molecule has 7 fully saturated rings. The van der Waals surface area contributed by atoms with E-state index in [0.717, 1.165) is 20.8 Å². The number of rotatable bonds is 27. The molecule has 4 amide bonds. The molecular formula is C53H88N4O40. The first-order valence-electron chi connectivity index (χ1n) is 30.4. The van der Waals surface area contributed by atoms with Crippen molar-refractivity contribution < 1.29 is 198 Å². The zero-order valence-corrected chi connectivity index (χ0v) is 51.8. The molecule has 0 radical (unpaired) electrons. The maximum Gasteiger partial charge on any atom is 0.364 e. The maximum atomic E-state index is 13.1. The number of aliphatic hydroxyl groups excluding tert-OH is 21. The number of hydrogen-bond acceptors (Lipinski definition) is 39. The lowest BCUT2D eigenvalue weighted by Crippen LogP contribution is -2.71. The van der Waals surface area contributed by atoms with Crippen LogP contribution in [0.1, 0.15) is 27.2 Å². The number of carbonyl (C=O) groups is 5. The summed E-state index contributed by atoms with van der Waals surface area (Å²) in [4.78, 5) is 63.1. The summed E-state index contributed by atoms with van der Waals surface area (Å²) in [6.45, 7) is -6.10. The van der Waals surface area contributed by atoms with Gasteiger partial charge in [-0.2, -0.15) is 0 Å². The van der Waals surface area contributed by atoms with Crippen molar-refractivity contribution >= 4 is 29.6 Å². The van der Waals surface area contributed by atoms with Gasteiger partial charge < -0.3 is 195 Å². The van der Waals surface area contributed by atoms with Gasteiger partial charge in [-0.25, -0.2) is 4.79 Å². The molecule has 0 aromatic rings. The molecule has 0 aliphatic carbocycles. The molecule has 7 aliphatic heterocycles. The van der Waals surface area contributed by atoms with E-state index < -0.39 is 309 Å². The van der Waals surface area contributed by atoms with Gasteiger partial charge >= 0.3 is 5.97 Å². The molecule has 7 rings (SSSR count). The largest absolute Gasteiger partial charge is 0.477 e. The zero-order chi connectivity index (χ0) is 72.0. The van der Waals surface area contributed by atoms with Crippen LogP contribution in [0.3, 0.4) is 0 Å². The van der Waals surface area contributed by atoms with Crippen LogP contribution in [0.5, 0.6) is 0 Å². The van der Waals surface area contributed by atoms with Crippen LogP contribution < -0.4 is 21.3 Å². The van der Waals surface area contributed by atoms with E-state index in [2.05, 4.69) is 21.3 Å². The van der Waals surface area contributed by atoms with E-state index >= 15 is 0 Å². The number of hydrogen-bond donors (Lipinski definition) is 26. The Kier molecular flexibility index (Phi) is 28.8. The third-order valence-corrected chi connectivity index (χ3v) is 17.2. The van der Waals surface area contributed by atoms with Gasteiger partial charge in [-0.3, -0.25) is 19.2 Å². The first-order chi connectivity index (χ1) is 45.8. The summed E-state index contributed by atoms with van der Waals surface area (Å²) in [5.41, 5.74) is 0. The molecule has 0 aromatic heterocycles. The van der Waals surface area contributed by atoms with Crippen LogP contribution in [0.2, 0.25) is 0 Å². The average molecular weight is 1420 g/mol. The van der Waals surface area contributed by atoms with E-state index in [-0.39, 0.29) is 0 Å². The van der Waals surface area contributed by atoms with Crippen LogP contribution in [0, 0.1) is 0 Å². The molecule has 26 N–H and O–H groups in total. The summed E-state index contributed by atoms with van der Waals surface area (Å²) in [5, 5.41) is 249. The van der Waals surface area contributed by atoms with Crippen molar-refractivity contribution in [3.63, 3.8) is 0 Å². The van der Waals surface area contributed by atoms with Gasteiger partial charge in [0.25, 0.3) is 5.79 Å². The molecule has 44 nitrogen and oxygen atoms in total. The molecule has 44 heteroatoms. The van der Waals surface area contributed by atoms with Gasteiger partial charge in [-0.15, -0.1) is 0 Å². The number of nitrogens with one attached hydrogen (secondary N) is 4. The molecule has 0 spiro atoms. The first-order valence-corrected chi connectivity index (χ1v) is 30.4. The Hall–Kier alpha value is -4.01. The zero-order valence-electron chi connectivity index (χ0n) is 51.8. The number of carbonyl (C=O) groups excluding carboxylic acids is 4. The molecule has 7 saturated heterocycles. The minimum absolute atomic E-state index is 0.771. The summed E-state index contributed by atoms with van der Waals surface area (Å²) >= 11 is 0. The number of ether oxygens (including phenoxy) is 13. The summed E-state index contributed by atoms with van der Waals surface area (Å²) < 4.78 is 74.9. The topological polar surface area (TPSA) is 699 Å². The number of amides is 4. The molecule has 7 aliphatic rings. The fraction of sp³-hybridized carbons (Fsp3) is 0.906. The van der Waals surface area contributed by atoms with Gasteiger partial charge in [0.15, 0.2) is 37.7 Å². The highest BCUT2D eigenvalue weighted by molar-refractivity contribution is 5.78. The minimum atomic E-state index is -3.30. The van der Waals surface area contributed by atoms with Gasteiger partial charge in [-0.1, -0.05) is 0 Å². The van der Waals surface area contributed by atoms with Gasteiger partial charge in [0, 0.05) is 27.2 Å². The van der Waals surface area contributed by atoms with E-state index in [4.69, 9.17) is 61.6 Å². The van der Waals surface area contributed by atoms with Crippen molar-refractivity contribution in [1.82, 2.24) is 21.3 Å². The molecular weight excluding hydrogens is 1330 g/mol. The van der Waals surface area contributed by atoms with Crippen LogP contribution in [0.15, 0.2) is 0 Å². The smallest absolute Gasteiger partial charge is 0.364 e. The maximum absolute atomic E-state index is 13.1. The molecule has 97 heavy (non-hydrogen) atoms. The third kappa shape index (κ3) is 17.7. The van der Waals surface area contributed by atoms with E-state index in [1.807, 2.05) is 0 Å². The lowest BCUT2D eigenvalue weighted by Gasteiger charge is -2.51. The molecule has 7 heterocycles. The second-order valence-corrected chi connectivity index (χ2v) is 24.0. The highest BCUT2D eigenvalue weighted by Gasteiger charge is 2.62. The van der Waals surface area contributed by atoms with E-state index in [1.165, 1.54) is 0 Å². The van der Waals surface area contributed by atoms with Crippen molar-refractivity contribution in [2.75, 3.05) is 52.9 Å². The molecule has 0 bridgehead atoms. The molecule has 36 atom stereocenters. The van der Waals surface area contributed by atoms with E-state index in [1.54, 1.807) is 0 Å². The minimum Gasteiger partial charge on any atom is -0.477 e. The van der Waals surface area contributed by atoms with Gasteiger partial charge in [0.05, 0.1) is 58.4 Å². The van der Waals surface area contributed by atoms with Crippen LogP contribution >= 0.6 is 0 Å². The number of aliphatic hydroxyl groups is 21. The highest BCUT2D eigenvalue weighted by atomic mass is 16.8. The van der Waals surface area contributed by atoms with Crippen molar-refractivity contribution in [3.8, 4) is 0 Å². The Morgan fingerprint density at radius 1 is 0.423 bits per heavy atom. The lowest BCUT2D eigenvalue weighted by molar-refractivity contribution is -0.391. The van der Waals surface area contributed by atoms with Gasteiger partial charge in [0.2, 0.25) is 23.6 Å². The molecule has 0 saturated carbocycles. The fourth-order valence-corrected chi connectivity index (χ4v) is 12.3. The van der Waals surface area contributed by atoms with Crippen LogP contribution in [-0.2, 0) is 85.6 Å². The van der Waals surface area contributed by atoms with Gasteiger partial charge in [0.1, 0.15) is 171 Å². The molecule has 560 valence electrons. The number of aliphatic carboxylic acids is 1. The van der Waals surface area contributed by atoms with Crippen molar-refractivity contribution in [2.24, 2.45) is 0 Å². The number of carboxylic acids is 1. The normalized spacial score (nSPS) is 45.7. The third-order valence-electron chi connectivity index (χ3n) is 17.2. The van der Waals surface area contributed by atoms with Gasteiger partial charge in [-0.05, 0) is 0 Å². The molecule has 0 unspecified atom stereocenters. The SMILES string of the molecule is CC(=O)N[C@@H]1[C@@H](O[C@@H]2O[C@H](CO)[C@H](O)[C@H](O[C@@H]3O[C@H](CO)[C@@H](O[C@@H]4O[C@H](CO)[C@H](O)[C@H](O[C@@H]5O[C@H](CO)[C@@H](O[C@@H]6O[C@H](CO)[C@H](O)[C@H](O[C@]7(C(=O)O)C[C@H](O)[C@@H](NC(=O)CO)[C@H]([C@H](O)[C@H](O)CO)O7)[C@H]6O)[C@H](O)[C@H]5NC(C)=O)[C@H]4O)[C@H](O)[C@H]3NC(C)=O)[C@H]2O)[C@@H](O)[C@@H](CO)O[C@@H]1O. The van der Waals surface area contributed by atoms with E-state index in [0.29, 0.717) is 0 Å². The summed E-state index contributed by atoms with van der Waals surface area (Å²) in [7, 11) is 0. The molecule has 0 aromatic carbocycles. The average Bonchev–Trinajstić information content (AvgIpc) is 0.762. The second-order valence-electron chi connectivity index (χ2n) is 24.0. The first kappa shape index (κ1) is 80.3. The summed E-state index contributed by atoms with van der Waals surface area (Å²) in [6.07, 6.45) is -66.0. The number of carboxylic acid groups (broad SMARTS) is 1. The van der Waals surface area contributed by atoms with E-state index in [9.17, 15) is 136 Å². The Labute approximate surface area is 548 Å². The predicted molar refractivity (Wildman–Crippen MR) is 297 cm³/mol. The van der Waals surface area contributed by atoms with Crippen molar-refractivity contribution in [2.45, 2.75) is 247 Å². The summed E-state index contributed by atoms with van der Waals surface area (Å²) in [6, 6.07) is -7.31.